The molecule has 30 heavy (non-hydrogen) atoms. The molecular weight excluding hydrogens is 370 g/mol. The molecule has 0 saturated heterocycles. The van der Waals surface area contributed by atoms with Crippen LogP contribution in [-0.2, 0) is 20.1 Å². The monoisotopic (exact) mass is 395 g/mol. The van der Waals surface area contributed by atoms with E-state index >= 15 is 0 Å². The van der Waals surface area contributed by atoms with Gasteiger partial charge in [0.15, 0.2) is 0 Å². The number of nitrogens with zero attached hydrogens (tertiary/aromatic N) is 3. The number of carbonyl (C=O) groups is 1. The molecule has 0 radical (unpaired) electrons. The molecule has 0 bridgehead atoms. The first-order valence-electron chi connectivity index (χ1n) is 10.1. The number of rotatable bonds is 6. The Morgan fingerprint density at radius 1 is 0.867 bits per heavy atom. The number of carbonyl (C=O) groups excluding carboxylic acids is 1. The number of amides is 1. The summed E-state index contributed by atoms with van der Waals surface area (Å²) in [6, 6.07) is 30.5. The third-order valence-corrected chi connectivity index (χ3v) is 5.19. The Labute approximate surface area is 177 Å². The summed E-state index contributed by atoms with van der Waals surface area (Å²) >= 11 is 0. The van der Waals surface area contributed by atoms with Crippen LogP contribution in [-0.4, -0.2) is 20.6 Å². The normalized spacial score (nSPS) is 10.7. The summed E-state index contributed by atoms with van der Waals surface area (Å²) in [6.07, 6.45) is 0. The zero-order valence-corrected chi connectivity index (χ0v) is 17.3. The molecule has 1 aromatic heterocycles. The van der Waals surface area contributed by atoms with E-state index in [0.29, 0.717) is 18.8 Å². The lowest BCUT2D eigenvalue weighted by molar-refractivity contribution is 0.0719. The minimum absolute atomic E-state index is 0.0233. The Bertz CT molecular complexity index is 1130. The summed E-state index contributed by atoms with van der Waals surface area (Å²) < 4.78 is 1.67. The standard InChI is InChI=1S/C26H25N3O/c1-20-17-25(28(2)27-20)26(30)29(18-21-11-5-3-6-12-21)19-23-15-9-10-16-24(23)22-13-7-4-8-14-22/h3-17H,18-19H2,1-2H3. The van der Waals surface area contributed by atoms with Gasteiger partial charge in [-0.15, -0.1) is 0 Å². The number of hydrogen-bond donors (Lipinski definition) is 0. The van der Waals surface area contributed by atoms with E-state index in [1.54, 1.807) is 4.68 Å². The third kappa shape index (κ3) is 4.33. The molecule has 3 aromatic carbocycles. The van der Waals surface area contributed by atoms with E-state index in [1.165, 1.54) is 0 Å². The SMILES string of the molecule is Cc1cc(C(=O)N(Cc2ccccc2)Cc2ccccc2-c2ccccc2)n(C)n1. The maximum Gasteiger partial charge on any atom is 0.272 e. The molecule has 1 heterocycles. The van der Waals surface area contributed by atoms with Crippen molar-refractivity contribution >= 4 is 5.91 Å². The van der Waals surface area contributed by atoms with Gasteiger partial charge in [0, 0.05) is 20.1 Å². The van der Waals surface area contributed by atoms with Gasteiger partial charge in [0.1, 0.15) is 5.69 Å². The van der Waals surface area contributed by atoms with Crippen LogP contribution in [0.4, 0.5) is 0 Å². The Hall–Kier alpha value is -3.66. The summed E-state index contributed by atoms with van der Waals surface area (Å²) in [6.45, 7) is 2.96. The lowest BCUT2D eigenvalue weighted by Crippen LogP contribution is -2.31. The van der Waals surface area contributed by atoms with Gasteiger partial charge >= 0.3 is 0 Å². The highest BCUT2D eigenvalue weighted by Gasteiger charge is 2.21. The van der Waals surface area contributed by atoms with E-state index in [0.717, 1.165) is 27.9 Å². The summed E-state index contributed by atoms with van der Waals surface area (Å²) in [5.41, 5.74) is 5.95. The van der Waals surface area contributed by atoms with Crippen LogP contribution in [0.2, 0.25) is 0 Å². The zero-order chi connectivity index (χ0) is 20.9. The van der Waals surface area contributed by atoms with Crippen LogP contribution < -0.4 is 0 Å². The van der Waals surface area contributed by atoms with E-state index in [-0.39, 0.29) is 5.91 Å². The van der Waals surface area contributed by atoms with Crippen LogP contribution in [0.5, 0.6) is 0 Å². The van der Waals surface area contributed by atoms with Gasteiger partial charge in [-0.3, -0.25) is 9.48 Å². The van der Waals surface area contributed by atoms with E-state index in [4.69, 9.17) is 0 Å². The van der Waals surface area contributed by atoms with Gasteiger partial charge in [0.25, 0.3) is 5.91 Å². The molecule has 4 nitrogen and oxygen atoms in total. The molecule has 1 amide bonds. The maximum atomic E-state index is 13.5. The van der Waals surface area contributed by atoms with Crippen LogP contribution in [0.15, 0.2) is 91.0 Å². The van der Waals surface area contributed by atoms with Crippen molar-refractivity contribution in [2.45, 2.75) is 20.0 Å². The Balaban J connectivity index is 1.70. The molecule has 0 saturated carbocycles. The number of aryl methyl sites for hydroxylation is 2. The van der Waals surface area contributed by atoms with Crippen molar-refractivity contribution in [3.63, 3.8) is 0 Å². The highest BCUT2D eigenvalue weighted by Crippen LogP contribution is 2.26. The minimum atomic E-state index is -0.0233. The van der Waals surface area contributed by atoms with Crippen molar-refractivity contribution in [1.29, 1.82) is 0 Å². The molecule has 0 atom stereocenters. The fourth-order valence-electron chi connectivity index (χ4n) is 3.74. The van der Waals surface area contributed by atoms with Gasteiger partial charge < -0.3 is 4.90 Å². The largest absolute Gasteiger partial charge is 0.329 e. The summed E-state index contributed by atoms with van der Waals surface area (Å²) in [7, 11) is 1.82. The van der Waals surface area contributed by atoms with Crippen molar-refractivity contribution in [2.24, 2.45) is 7.05 Å². The van der Waals surface area contributed by atoms with Gasteiger partial charge in [-0.1, -0.05) is 84.9 Å². The smallest absolute Gasteiger partial charge is 0.272 e. The molecule has 150 valence electrons. The average Bonchev–Trinajstić information content (AvgIpc) is 3.12. The first-order chi connectivity index (χ1) is 14.6. The van der Waals surface area contributed by atoms with Gasteiger partial charge in [0.2, 0.25) is 0 Å². The maximum absolute atomic E-state index is 13.5. The molecule has 4 rings (SSSR count). The van der Waals surface area contributed by atoms with Crippen LogP contribution in [0.1, 0.15) is 27.3 Å². The fraction of sp³-hybridized carbons (Fsp3) is 0.154. The molecule has 4 heteroatoms. The minimum Gasteiger partial charge on any atom is -0.329 e. The average molecular weight is 396 g/mol. The highest BCUT2D eigenvalue weighted by atomic mass is 16.2. The summed E-state index contributed by atoms with van der Waals surface area (Å²) in [5.74, 6) is -0.0233. The topological polar surface area (TPSA) is 38.1 Å². The second-order valence-corrected chi connectivity index (χ2v) is 7.46. The van der Waals surface area contributed by atoms with E-state index < -0.39 is 0 Å². The van der Waals surface area contributed by atoms with Crippen LogP contribution >= 0.6 is 0 Å². The van der Waals surface area contributed by atoms with Gasteiger partial charge in [-0.05, 0) is 35.2 Å². The number of aromatic nitrogens is 2. The molecule has 0 unspecified atom stereocenters. The van der Waals surface area contributed by atoms with Crippen LogP contribution in [0, 0.1) is 6.92 Å². The molecule has 4 aromatic rings. The highest BCUT2D eigenvalue weighted by molar-refractivity contribution is 5.92. The molecule has 0 aliphatic rings. The first kappa shape index (κ1) is 19.6. The molecule has 0 fully saturated rings. The lowest BCUT2D eigenvalue weighted by atomic mass is 9.99. The second kappa shape index (κ2) is 8.78. The van der Waals surface area contributed by atoms with Crippen molar-refractivity contribution in [2.75, 3.05) is 0 Å². The molecular formula is C26H25N3O. The third-order valence-electron chi connectivity index (χ3n) is 5.19. The zero-order valence-electron chi connectivity index (χ0n) is 17.3. The lowest BCUT2D eigenvalue weighted by Gasteiger charge is -2.24. The Kier molecular flexibility index (Phi) is 5.75. The number of benzene rings is 3. The molecule has 0 spiro atoms. The van der Waals surface area contributed by atoms with Gasteiger partial charge in [0.05, 0.1) is 5.69 Å². The van der Waals surface area contributed by atoms with Gasteiger partial charge in [-0.25, -0.2) is 0 Å². The van der Waals surface area contributed by atoms with Crippen molar-refractivity contribution in [3.8, 4) is 11.1 Å². The molecule has 0 aliphatic carbocycles. The Morgan fingerprint density at radius 2 is 1.50 bits per heavy atom. The summed E-state index contributed by atoms with van der Waals surface area (Å²) in [5, 5.41) is 4.36. The Morgan fingerprint density at radius 3 is 2.17 bits per heavy atom. The number of hydrogen-bond acceptors (Lipinski definition) is 2. The molecule has 0 aliphatic heterocycles. The van der Waals surface area contributed by atoms with Crippen LogP contribution in [0.25, 0.3) is 11.1 Å². The quantitative estimate of drug-likeness (QED) is 0.448. The van der Waals surface area contributed by atoms with E-state index in [9.17, 15) is 4.79 Å². The van der Waals surface area contributed by atoms with Crippen molar-refractivity contribution in [3.05, 3.63) is 114 Å². The van der Waals surface area contributed by atoms with Crippen LogP contribution in [0.3, 0.4) is 0 Å². The summed E-state index contributed by atoms with van der Waals surface area (Å²) in [4.78, 5) is 15.4. The van der Waals surface area contributed by atoms with Crippen molar-refractivity contribution < 1.29 is 4.79 Å². The fourth-order valence-corrected chi connectivity index (χ4v) is 3.74. The molecule has 0 N–H and O–H groups in total. The predicted molar refractivity (Wildman–Crippen MR) is 120 cm³/mol. The van der Waals surface area contributed by atoms with E-state index in [2.05, 4.69) is 41.5 Å². The van der Waals surface area contributed by atoms with E-state index in [1.807, 2.05) is 73.5 Å². The predicted octanol–water partition coefficient (Wildman–Crippen LogP) is 5.24. The van der Waals surface area contributed by atoms with Crippen molar-refractivity contribution in [1.82, 2.24) is 14.7 Å². The second-order valence-electron chi connectivity index (χ2n) is 7.46. The first-order valence-corrected chi connectivity index (χ1v) is 10.1. The van der Waals surface area contributed by atoms with Gasteiger partial charge in [-0.2, -0.15) is 5.10 Å².